The Kier molecular flexibility index (Phi) is 7.01. The van der Waals surface area contributed by atoms with Crippen molar-refractivity contribution in [3.63, 3.8) is 0 Å². The maximum absolute atomic E-state index is 12.0. The van der Waals surface area contributed by atoms with Crippen LogP contribution in [-0.4, -0.2) is 21.7 Å². The second kappa shape index (κ2) is 9.22. The minimum atomic E-state index is -0.566. The molecule has 0 aliphatic rings. The number of aromatic nitrogens is 2. The summed E-state index contributed by atoms with van der Waals surface area (Å²) in [5.74, 6) is 0.193. The third-order valence-electron chi connectivity index (χ3n) is 3.67. The second-order valence-electron chi connectivity index (χ2n) is 5.85. The number of hydrogen-bond acceptors (Lipinski definition) is 4. The van der Waals surface area contributed by atoms with Crippen LogP contribution < -0.4 is 5.32 Å². The van der Waals surface area contributed by atoms with E-state index in [1.807, 2.05) is 18.2 Å². The van der Waals surface area contributed by atoms with Crippen LogP contribution in [0.4, 0.5) is 10.5 Å². The van der Waals surface area contributed by atoms with Gasteiger partial charge in [0.2, 0.25) is 0 Å². The fraction of sp³-hybridized carbons (Fsp3) is 0.389. The number of unbranched alkanes of at least 4 members (excludes halogenated alkanes) is 1. The zero-order valence-corrected chi connectivity index (χ0v) is 15.1. The van der Waals surface area contributed by atoms with Crippen molar-refractivity contribution in [3.8, 4) is 0 Å². The first-order valence-corrected chi connectivity index (χ1v) is 8.57. The van der Waals surface area contributed by atoms with Gasteiger partial charge in [-0.25, -0.2) is 4.79 Å². The van der Waals surface area contributed by atoms with Gasteiger partial charge in [-0.1, -0.05) is 29.8 Å². The lowest BCUT2D eigenvalue weighted by Crippen LogP contribution is -2.16. The average molecular weight is 364 g/mol. The number of benzene rings is 1. The highest BCUT2D eigenvalue weighted by Crippen LogP contribution is 2.25. The van der Waals surface area contributed by atoms with Gasteiger partial charge in [-0.15, -0.1) is 0 Å². The van der Waals surface area contributed by atoms with E-state index in [4.69, 9.17) is 16.3 Å². The number of nitrogens with zero attached hydrogens (tertiary/aromatic N) is 2. The van der Waals surface area contributed by atoms with E-state index in [-0.39, 0.29) is 5.78 Å². The summed E-state index contributed by atoms with van der Waals surface area (Å²) in [6, 6.07) is 7.24. The topological polar surface area (TPSA) is 73.2 Å². The van der Waals surface area contributed by atoms with Gasteiger partial charge in [0.15, 0.2) is 0 Å². The number of halogens is 1. The van der Waals surface area contributed by atoms with Crippen LogP contribution in [0.5, 0.6) is 0 Å². The Morgan fingerprint density at radius 1 is 1.32 bits per heavy atom. The molecule has 6 nitrogen and oxygen atoms in total. The van der Waals surface area contributed by atoms with Crippen molar-refractivity contribution < 1.29 is 14.3 Å². The summed E-state index contributed by atoms with van der Waals surface area (Å²) in [6.45, 7) is 4.05. The summed E-state index contributed by atoms with van der Waals surface area (Å²) >= 11 is 6.10. The van der Waals surface area contributed by atoms with Gasteiger partial charge in [0.1, 0.15) is 11.9 Å². The third kappa shape index (κ3) is 6.23. The van der Waals surface area contributed by atoms with E-state index in [9.17, 15) is 9.59 Å². The van der Waals surface area contributed by atoms with Crippen LogP contribution in [-0.2, 0) is 16.1 Å². The lowest BCUT2D eigenvalue weighted by molar-refractivity contribution is -0.117. The minimum Gasteiger partial charge on any atom is -0.441 e. The zero-order valence-electron chi connectivity index (χ0n) is 14.4. The van der Waals surface area contributed by atoms with E-state index in [1.54, 1.807) is 37.0 Å². The lowest BCUT2D eigenvalue weighted by atomic mass is 10.1. The molecular formula is C18H22ClN3O3. The molecule has 25 heavy (non-hydrogen) atoms. The molecule has 0 radical (unpaired) electrons. The number of Topliss-reactive ketones (excluding diaryl/α,β-unsaturated/α-hetero) is 1. The number of amides is 1. The maximum Gasteiger partial charge on any atom is 0.412 e. The van der Waals surface area contributed by atoms with Crippen molar-refractivity contribution >= 4 is 29.2 Å². The quantitative estimate of drug-likeness (QED) is 0.695. The standard InChI is InChI=1S/C18H22ClN3O3/c1-13(23)7-5-6-10-22-12-15(11-20-22)21-18(24)25-14(2)16-8-3-4-9-17(16)19/h3-4,8-9,11-12,14H,5-7,10H2,1-2H3,(H,21,24). The molecule has 0 aliphatic heterocycles. The normalized spacial score (nSPS) is 11.8. The van der Waals surface area contributed by atoms with E-state index in [0.29, 0.717) is 23.7 Å². The van der Waals surface area contributed by atoms with Crippen molar-refractivity contribution in [1.29, 1.82) is 0 Å². The fourth-order valence-electron chi connectivity index (χ4n) is 2.37. The molecule has 0 bridgehead atoms. The molecular weight excluding hydrogens is 342 g/mol. The van der Waals surface area contributed by atoms with Crippen molar-refractivity contribution in [2.45, 2.75) is 45.8 Å². The molecule has 2 rings (SSSR count). The summed E-state index contributed by atoms with van der Waals surface area (Å²) in [7, 11) is 0. The molecule has 0 saturated carbocycles. The number of hydrogen-bond donors (Lipinski definition) is 1. The predicted octanol–water partition coefficient (Wildman–Crippen LogP) is 4.61. The van der Waals surface area contributed by atoms with Crippen LogP contribution >= 0.6 is 11.6 Å². The highest BCUT2D eigenvalue weighted by molar-refractivity contribution is 6.31. The Labute approximate surface area is 152 Å². The van der Waals surface area contributed by atoms with Gasteiger partial charge < -0.3 is 9.53 Å². The Hall–Kier alpha value is -2.34. The van der Waals surface area contributed by atoms with Crippen LogP contribution in [0.25, 0.3) is 0 Å². The first kappa shape index (κ1) is 19.0. The monoisotopic (exact) mass is 363 g/mol. The summed E-state index contributed by atoms with van der Waals surface area (Å²) in [5.41, 5.74) is 1.31. The molecule has 1 atom stereocenters. The third-order valence-corrected chi connectivity index (χ3v) is 4.02. The first-order chi connectivity index (χ1) is 12.0. The van der Waals surface area contributed by atoms with Crippen molar-refractivity contribution in [2.75, 3.05) is 5.32 Å². The molecule has 0 saturated heterocycles. The van der Waals surface area contributed by atoms with Gasteiger partial charge in [0, 0.05) is 29.7 Å². The molecule has 1 unspecified atom stereocenters. The van der Waals surface area contributed by atoms with E-state index in [2.05, 4.69) is 10.4 Å². The Morgan fingerprint density at radius 3 is 2.80 bits per heavy atom. The number of aryl methyl sites for hydroxylation is 1. The van der Waals surface area contributed by atoms with E-state index < -0.39 is 12.2 Å². The minimum absolute atomic E-state index is 0.193. The predicted molar refractivity (Wildman–Crippen MR) is 96.7 cm³/mol. The number of carbonyl (C=O) groups excluding carboxylic acids is 2. The van der Waals surface area contributed by atoms with Crippen LogP contribution in [0.15, 0.2) is 36.7 Å². The van der Waals surface area contributed by atoms with Crippen molar-refractivity contribution in [3.05, 3.63) is 47.2 Å². The molecule has 1 aromatic heterocycles. The molecule has 1 amide bonds. The first-order valence-electron chi connectivity index (χ1n) is 8.19. The fourth-order valence-corrected chi connectivity index (χ4v) is 2.66. The SMILES string of the molecule is CC(=O)CCCCn1cc(NC(=O)OC(C)c2ccccc2Cl)cn1. The number of carbonyl (C=O) groups is 2. The zero-order chi connectivity index (χ0) is 18.2. The average Bonchev–Trinajstić information content (AvgIpc) is 2.99. The molecule has 0 spiro atoms. The lowest BCUT2D eigenvalue weighted by Gasteiger charge is -2.14. The summed E-state index contributed by atoms with van der Waals surface area (Å²) in [4.78, 5) is 22.9. The number of nitrogens with one attached hydrogen (secondary N) is 1. The van der Waals surface area contributed by atoms with Crippen LogP contribution in [0.1, 0.15) is 44.8 Å². The van der Waals surface area contributed by atoms with Gasteiger partial charge >= 0.3 is 6.09 Å². The molecule has 7 heteroatoms. The number of ether oxygens (including phenoxy) is 1. The molecule has 134 valence electrons. The van der Waals surface area contributed by atoms with Gasteiger partial charge in [0.25, 0.3) is 0 Å². The van der Waals surface area contributed by atoms with Gasteiger partial charge in [-0.05, 0) is 32.8 Å². The number of anilines is 1. The molecule has 1 aromatic carbocycles. The largest absolute Gasteiger partial charge is 0.441 e. The van der Waals surface area contributed by atoms with Gasteiger partial charge in [0.05, 0.1) is 11.9 Å². The van der Waals surface area contributed by atoms with E-state index >= 15 is 0 Å². The molecule has 1 heterocycles. The number of ketones is 1. The summed E-state index contributed by atoms with van der Waals surface area (Å²) in [5, 5.41) is 7.38. The maximum atomic E-state index is 12.0. The van der Waals surface area contributed by atoms with Crippen molar-refractivity contribution in [2.24, 2.45) is 0 Å². The molecule has 2 aromatic rings. The van der Waals surface area contributed by atoms with E-state index in [0.717, 1.165) is 18.4 Å². The van der Waals surface area contributed by atoms with Crippen molar-refractivity contribution in [1.82, 2.24) is 9.78 Å². The van der Waals surface area contributed by atoms with Crippen LogP contribution in [0.2, 0.25) is 5.02 Å². The van der Waals surface area contributed by atoms with Crippen LogP contribution in [0.3, 0.4) is 0 Å². The second-order valence-corrected chi connectivity index (χ2v) is 6.25. The highest BCUT2D eigenvalue weighted by atomic mass is 35.5. The van der Waals surface area contributed by atoms with E-state index in [1.165, 1.54) is 0 Å². The summed E-state index contributed by atoms with van der Waals surface area (Å²) in [6.07, 6.45) is 4.53. The summed E-state index contributed by atoms with van der Waals surface area (Å²) < 4.78 is 7.08. The molecule has 1 N–H and O–H groups in total. The molecule has 0 fully saturated rings. The van der Waals surface area contributed by atoms with Crippen LogP contribution in [0, 0.1) is 0 Å². The highest BCUT2D eigenvalue weighted by Gasteiger charge is 2.14. The number of rotatable bonds is 8. The Balaban J connectivity index is 1.81. The smallest absolute Gasteiger partial charge is 0.412 e. The van der Waals surface area contributed by atoms with Gasteiger partial charge in [-0.2, -0.15) is 5.10 Å². The van der Waals surface area contributed by atoms with Gasteiger partial charge in [-0.3, -0.25) is 10.00 Å². The molecule has 0 aliphatic carbocycles. The Bertz CT molecular complexity index is 730. The Morgan fingerprint density at radius 2 is 2.08 bits per heavy atom.